The van der Waals surface area contributed by atoms with Gasteiger partial charge in [0.1, 0.15) is 0 Å². The maximum atomic E-state index is 11.5. The fraction of sp³-hybridized carbons (Fsp3) is 0.500. The highest BCUT2D eigenvalue weighted by Gasteiger charge is 2.15. The summed E-state index contributed by atoms with van der Waals surface area (Å²) in [7, 11) is 0. The van der Waals surface area contributed by atoms with Crippen molar-refractivity contribution in [1.82, 2.24) is 10.2 Å². The highest BCUT2D eigenvalue weighted by atomic mass is 79.9. The molecule has 2 N–H and O–H groups in total. The number of likely N-dealkylation sites (N-methyl/N-ethyl adjacent to an activating group) is 2. The van der Waals surface area contributed by atoms with E-state index >= 15 is 0 Å². The van der Waals surface area contributed by atoms with E-state index in [0.717, 1.165) is 16.6 Å². The van der Waals surface area contributed by atoms with Crippen molar-refractivity contribution in [2.45, 2.75) is 20.0 Å². The maximum Gasteiger partial charge on any atom is 0.234 e. The van der Waals surface area contributed by atoms with Crippen molar-refractivity contribution in [3.05, 3.63) is 34.3 Å². The van der Waals surface area contributed by atoms with Crippen molar-refractivity contribution in [3.63, 3.8) is 0 Å². The fourth-order valence-electron chi connectivity index (χ4n) is 1.83. The van der Waals surface area contributed by atoms with Gasteiger partial charge in [-0.2, -0.15) is 0 Å². The topological polar surface area (TPSA) is 52.6 Å². The van der Waals surface area contributed by atoms with Crippen molar-refractivity contribution in [2.75, 3.05) is 26.2 Å². The molecule has 0 aliphatic rings. The van der Waals surface area contributed by atoms with Crippen LogP contribution in [0.15, 0.2) is 28.7 Å². The Balaban J connectivity index is 2.57. The Labute approximate surface area is 122 Å². The first-order valence-corrected chi connectivity index (χ1v) is 7.28. The lowest BCUT2D eigenvalue weighted by Crippen LogP contribution is -2.39. The largest absolute Gasteiger partial charge is 0.387 e. The Morgan fingerprint density at radius 2 is 2.21 bits per heavy atom. The third-order valence-corrected chi connectivity index (χ3v) is 3.35. The van der Waals surface area contributed by atoms with Gasteiger partial charge in [-0.15, -0.1) is 0 Å². The SMILES string of the molecule is CCNC(=O)CN(CC)CC(O)c1cccc(Br)c1. The van der Waals surface area contributed by atoms with Gasteiger partial charge in [-0.05, 0) is 31.2 Å². The van der Waals surface area contributed by atoms with E-state index in [1.54, 1.807) is 0 Å². The lowest BCUT2D eigenvalue weighted by Gasteiger charge is -2.23. The molecule has 0 aliphatic heterocycles. The number of benzene rings is 1. The molecule has 1 amide bonds. The number of nitrogens with zero attached hydrogens (tertiary/aromatic N) is 1. The third-order valence-electron chi connectivity index (χ3n) is 2.85. The quantitative estimate of drug-likeness (QED) is 0.804. The van der Waals surface area contributed by atoms with E-state index in [0.29, 0.717) is 19.6 Å². The number of aliphatic hydroxyl groups excluding tert-OH is 1. The molecule has 0 bridgehead atoms. The molecule has 1 unspecified atom stereocenters. The summed E-state index contributed by atoms with van der Waals surface area (Å²) >= 11 is 3.39. The van der Waals surface area contributed by atoms with Crippen molar-refractivity contribution in [3.8, 4) is 0 Å². The number of rotatable bonds is 7. The van der Waals surface area contributed by atoms with Gasteiger partial charge in [0.2, 0.25) is 5.91 Å². The van der Waals surface area contributed by atoms with Gasteiger partial charge in [-0.25, -0.2) is 0 Å². The van der Waals surface area contributed by atoms with Gasteiger partial charge < -0.3 is 10.4 Å². The molecule has 5 heteroatoms. The molecule has 4 nitrogen and oxygen atoms in total. The van der Waals surface area contributed by atoms with Crippen LogP contribution >= 0.6 is 15.9 Å². The molecule has 1 atom stereocenters. The number of hydrogen-bond acceptors (Lipinski definition) is 3. The highest BCUT2D eigenvalue weighted by Crippen LogP contribution is 2.18. The van der Waals surface area contributed by atoms with Gasteiger partial charge in [-0.3, -0.25) is 9.69 Å². The van der Waals surface area contributed by atoms with E-state index in [1.807, 2.05) is 43.0 Å². The first-order chi connectivity index (χ1) is 9.06. The minimum atomic E-state index is -0.591. The van der Waals surface area contributed by atoms with E-state index in [4.69, 9.17) is 0 Å². The van der Waals surface area contributed by atoms with Crippen molar-refractivity contribution in [2.24, 2.45) is 0 Å². The number of aliphatic hydroxyl groups is 1. The highest BCUT2D eigenvalue weighted by molar-refractivity contribution is 9.10. The zero-order valence-electron chi connectivity index (χ0n) is 11.4. The second-order valence-electron chi connectivity index (χ2n) is 4.35. The Hall–Kier alpha value is -0.910. The van der Waals surface area contributed by atoms with Crippen LogP contribution in [0.3, 0.4) is 0 Å². The standard InChI is InChI=1S/C14H21BrN2O2/c1-3-16-14(19)10-17(4-2)9-13(18)11-6-5-7-12(15)8-11/h5-8,13,18H,3-4,9-10H2,1-2H3,(H,16,19). The van der Waals surface area contributed by atoms with E-state index < -0.39 is 6.10 Å². The van der Waals surface area contributed by atoms with Crippen LogP contribution in [0.1, 0.15) is 25.5 Å². The number of carbonyl (C=O) groups excluding carboxylic acids is 1. The van der Waals surface area contributed by atoms with Crippen LogP contribution in [0.25, 0.3) is 0 Å². The number of nitrogens with one attached hydrogen (secondary N) is 1. The summed E-state index contributed by atoms with van der Waals surface area (Å²) in [5, 5.41) is 13.0. The Morgan fingerprint density at radius 3 is 2.79 bits per heavy atom. The molecular formula is C14H21BrN2O2. The van der Waals surface area contributed by atoms with Crippen LogP contribution in [-0.2, 0) is 4.79 Å². The van der Waals surface area contributed by atoms with E-state index in [-0.39, 0.29) is 5.91 Å². The number of hydrogen-bond donors (Lipinski definition) is 2. The van der Waals surface area contributed by atoms with Crippen LogP contribution in [0.5, 0.6) is 0 Å². The molecule has 1 aromatic rings. The van der Waals surface area contributed by atoms with Gasteiger partial charge in [-0.1, -0.05) is 35.0 Å². The molecular weight excluding hydrogens is 308 g/mol. The van der Waals surface area contributed by atoms with Gasteiger partial charge in [0.15, 0.2) is 0 Å². The first-order valence-electron chi connectivity index (χ1n) is 6.49. The lowest BCUT2D eigenvalue weighted by molar-refractivity contribution is -0.122. The van der Waals surface area contributed by atoms with Crippen LogP contribution < -0.4 is 5.32 Å². The average molecular weight is 329 g/mol. The predicted molar refractivity (Wildman–Crippen MR) is 79.9 cm³/mol. The molecule has 0 heterocycles. The van der Waals surface area contributed by atoms with E-state index in [1.165, 1.54) is 0 Å². The fourth-order valence-corrected chi connectivity index (χ4v) is 2.24. The number of amides is 1. The Morgan fingerprint density at radius 1 is 1.47 bits per heavy atom. The molecule has 0 aromatic heterocycles. The van der Waals surface area contributed by atoms with Crippen molar-refractivity contribution in [1.29, 1.82) is 0 Å². The summed E-state index contributed by atoms with van der Waals surface area (Å²) in [6, 6.07) is 7.59. The normalized spacial score (nSPS) is 12.5. The number of carbonyl (C=O) groups is 1. The van der Waals surface area contributed by atoms with Crippen LogP contribution in [-0.4, -0.2) is 42.1 Å². The summed E-state index contributed by atoms with van der Waals surface area (Å²) in [6.07, 6.45) is -0.591. The minimum absolute atomic E-state index is 0.00853. The minimum Gasteiger partial charge on any atom is -0.387 e. The van der Waals surface area contributed by atoms with Crippen molar-refractivity contribution >= 4 is 21.8 Å². The van der Waals surface area contributed by atoms with Gasteiger partial charge >= 0.3 is 0 Å². The zero-order chi connectivity index (χ0) is 14.3. The number of halogens is 1. The average Bonchev–Trinajstić information content (AvgIpc) is 2.38. The molecule has 106 valence electrons. The summed E-state index contributed by atoms with van der Waals surface area (Å²) in [4.78, 5) is 13.5. The second kappa shape index (κ2) is 8.30. The third kappa shape index (κ3) is 5.72. The molecule has 0 saturated carbocycles. The Bertz CT molecular complexity index is 412. The van der Waals surface area contributed by atoms with Crippen LogP contribution in [0.2, 0.25) is 0 Å². The first kappa shape index (κ1) is 16.1. The molecule has 0 aliphatic carbocycles. The van der Waals surface area contributed by atoms with Crippen molar-refractivity contribution < 1.29 is 9.90 Å². The molecule has 0 saturated heterocycles. The van der Waals surface area contributed by atoms with E-state index in [9.17, 15) is 9.90 Å². The zero-order valence-corrected chi connectivity index (χ0v) is 13.0. The summed E-state index contributed by atoms with van der Waals surface area (Å²) in [5.41, 5.74) is 0.851. The predicted octanol–water partition coefficient (Wildman–Crippen LogP) is 1.94. The molecule has 0 fully saturated rings. The van der Waals surface area contributed by atoms with Crippen LogP contribution in [0, 0.1) is 0 Å². The molecule has 1 aromatic carbocycles. The monoisotopic (exact) mass is 328 g/mol. The molecule has 19 heavy (non-hydrogen) atoms. The van der Waals surface area contributed by atoms with Gasteiger partial charge in [0.05, 0.1) is 12.6 Å². The molecule has 0 spiro atoms. The summed E-state index contributed by atoms with van der Waals surface area (Å²) in [6.45, 7) is 5.99. The van der Waals surface area contributed by atoms with Gasteiger partial charge in [0.25, 0.3) is 0 Å². The van der Waals surface area contributed by atoms with Crippen LogP contribution in [0.4, 0.5) is 0 Å². The smallest absolute Gasteiger partial charge is 0.234 e. The summed E-state index contributed by atoms with van der Waals surface area (Å²) in [5.74, 6) is -0.00853. The molecule has 1 rings (SSSR count). The molecule has 0 radical (unpaired) electrons. The Kier molecular flexibility index (Phi) is 7.05. The van der Waals surface area contributed by atoms with Gasteiger partial charge in [0, 0.05) is 17.6 Å². The maximum absolute atomic E-state index is 11.5. The second-order valence-corrected chi connectivity index (χ2v) is 5.27. The van der Waals surface area contributed by atoms with E-state index in [2.05, 4.69) is 21.2 Å². The summed E-state index contributed by atoms with van der Waals surface area (Å²) < 4.78 is 0.941. The lowest BCUT2D eigenvalue weighted by atomic mass is 10.1.